The second kappa shape index (κ2) is 7.64. The van der Waals surface area contributed by atoms with Crippen molar-refractivity contribution in [3.63, 3.8) is 0 Å². The number of fused-ring (bicyclic) bond motifs is 2. The minimum absolute atomic E-state index is 0.748. The third-order valence-electron chi connectivity index (χ3n) is 6.01. The lowest BCUT2D eigenvalue weighted by atomic mass is 10.0. The highest BCUT2D eigenvalue weighted by atomic mass is 14.9. The zero-order valence-corrected chi connectivity index (χ0v) is 18.3. The Labute approximate surface area is 191 Å². The number of nitrogen functional groups attached to an aromatic ring is 1. The predicted molar refractivity (Wildman–Crippen MR) is 135 cm³/mol. The molecule has 33 heavy (non-hydrogen) atoms. The van der Waals surface area contributed by atoms with Crippen LogP contribution in [0.15, 0.2) is 84.9 Å². The van der Waals surface area contributed by atoms with E-state index in [1.165, 1.54) is 16.7 Å². The highest BCUT2D eigenvalue weighted by Gasteiger charge is 2.09. The van der Waals surface area contributed by atoms with Gasteiger partial charge in [0.15, 0.2) is 0 Å². The molecule has 0 unspecified atom stereocenters. The third-order valence-corrected chi connectivity index (χ3v) is 6.01. The lowest BCUT2D eigenvalue weighted by Crippen LogP contribution is -1.88. The van der Waals surface area contributed by atoms with Gasteiger partial charge in [0.2, 0.25) is 0 Å². The topological polar surface area (TPSA) is 83.4 Å². The van der Waals surface area contributed by atoms with Gasteiger partial charge in [-0.15, -0.1) is 0 Å². The summed E-state index contributed by atoms with van der Waals surface area (Å²) in [5, 5.41) is 0. The van der Waals surface area contributed by atoms with Crippen LogP contribution in [0.1, 0.15) is 16.7 Å². The molecule has 0 bridgehead atoms. The second-order valence-electron chi connectivity index (χ2n) is 8.54. The summed E-state index contributed by atoms with van der Waals surface area (Å²) < 4.78 is 0. The molecule has 0 aliphatic carbocycles. The number of rotatable bonds is 4. The number of imidazole rings is 2. The SMILES string of the molecule is Cc1ccc(-c2nc3ccc(Cc4ccc5nc(-c6ccc(N)cc6)[nH]c5c4)cc3[nH]2)cc1. The van der Waals surface area contributed by atoms with E-state index in [9.17, 15) is 0 Å². The second-order valence-corrected chi connectivity index (χ2v) is 8.54. The van der Waals surface area contributed by atoms with Crippen molar-refractivity contribution in [1.29, 1.82) is 0 Å². The van der Waals surface area contributed by atoms with Crippen LogP contribution in [-0.4, -0.2) is 19.9 Å². The standard InChI is InChI=1S/C28H23N5/c1-17-2-6-20(7-3-17)27-30-23-12-4-18(15-25(23)32-27)14-19-5-13-24-26(16-19)33-28(31-24)21-8-10-22(29)11-9-21/h2-13,15-16H,14,29H2,1H3,(H,30,32)(H,31,33). The zero-order valence-electron chi connectivity index (χ0n) is 18.3. The molecule has 0 aliphatic heterocycles. The molecule has 4 N–H and O–H groups in total. The van der Waals surface area contributed by atoms with Gasteiger partial charge >= 0.3 is 0 Å². The van der Waals surface area contributed by atoms with Crippen LogP contribution in [0.25, 0.3) is 44.8 Å². The molecular weight excluding hydrogens is 406 g/mol. The number of benzene rings is 4. The van der Waals surface area contributed by atoms with Gasteiger partial charge in [0, 0.05) is 16.8 Å². The fraction of sp³-hybridized carbons (Fsp3) is 0.0714. The van der Waals surface area contributed by atoms with Gasteiger partial charge in [0.25, 0.3) is 0 Å². The molecule has 2 aromatic heterocycles. The number of hydrogen-bond donors (Lipinski definition) is 3. The summed E-state index contributed by atoms with van der Waals surface area (Å²) >= 11 is 0. The third kappa shape index (κ3) is 3.74. The molecule has 0 spiro atoms. The van der Waals surface area contributed by atoms with Crippen LogP contribution in [0.5, 0.6) is 0 Å². The lowest BCUT2D eigenvalue weighted by Gasteiger charge is -2.02. The van der Waals surface area contributed by atoms with E-state index in [1.807, 2.05) is 24.3 Å². The quantitative estimate of drug-likeness (QED) is 0.289. The Morgan fingerprint density at radius 3 is 1.64 bits per heavy atom. The fourth-order valence-corrected chi connectivity index (χ4v) is 4.20. The van der Waals surface area contributed by atoms with Gasteiger partial charge in [0.05, 0.1) is 22.1 Å². The molecular formula is C28H23N5. The van der Waals surface area contributed by atoms with E-state index in [0.717, 1.165) is 57.0 Å². The first-order chi connectivity index (χ1) is 16.1. The van der Waals surface area contributed by atoms with Gasteiger partial charge in [-0.05, 0) is 73.0 Å². The fourth-order valence-electron chi connectivity index (χ4n) is 4.20. The maximum absolute atomic E-state index is 5.81. The molecule has 0 radical (unpaired) electrons. The number of anilines is 1. The normalized spacial score (nSPS) is 11.4. The van der Waals surface area contributed by atoms with E-state index in [1.54, 1.807) is 0 Å². The van der Waals surface area contributed by atoms with Crippen LogP contribution in [0.4, 0.5) is 5.69 Å². The molecule has 2 heterocycles. The Morgan fingerprint density at radius 2 is 1.12 bits per heavy atom. The molecule has 6 rings (SSSR count). The van der Waals surface area contributed by atoms with E-state index in [2.05, 4.69) is 77.6 Å². The van der Waals surface area contributed by atoms with Crippen molar-refractivity contribution >= 4 is 27.8 Å². The number of aromatic amines is 2. The number of nitrogens with one attached hydrogen (secondary N) is 2. The Morgan fingerprint density at radius 1 is 0.636 bits per heavy atom. The van der Waals surface area contributed by atoms with E-state index in [4.69, 9.17) is 15.7 Å². The molecule has 0 amide bonds. The number of hydrogen-bond acceptors (Lipinski definition) is 3. The molecule has 0 aliphatic rings. The summed E-state index contributed by atoms with van der Waals surface area (Å²) in [7, 11) is 0. The summed E-state index contributed by atoms with van der Waals surface area (Å²) in [6.45, 7) is 2.09. The minimum Gasteiger partial charge on any atom is -0.399 e. The minimum atomic E-state index is 0.748. The number of H-pyrrole nitrogens is 2. The average Bonchev–Trinajstić information content (AvgIpc) is 3.44. The monoisotopic (exact) mass is 429 g/mol. The van der Waals surface area contributed by atoms with Gasteiger partial charge < -0.3 is 15.7 Å². The summed E-state index contributed by atoms with van der Waals surface area (Å²) in [5.41, 5.74) is 16.4. The summed E-state index contributed by atoms with van der Waals surface area (Å²) in [5.74, 6) is 1.75. The van der Waals surface area contributed by atoms with Crippen molar-refractivity contribution in [2.24, 2.45) is 0 Å². The predicted octanol–water partition coefficient (Wildman–Crippen LogP) is 6.25. The van der Waals surface area contributed by atoms with Crippen LogP contribution in [-0.2, 0) is 6.42 Å². The van der Waals surface area contributed by atoms with Gasteiger partial charge in [-0.2, -0.15) is 0 Å². The van der Waals surface area contributed by atoms with Crippen molar-refractivity contribution in [2.45, 2.75) is 13.3 Å². The molecule has 0 saturated heterocycles. The molecule has 0 fully saturated rings. The maximum atomic E-state index is 5.81. The van der Waals surface area contributed by atoms with Crippen molar-refractivity contribution in [3.8, 4) is 22.8 Å². The molecule has 6 aromatic rings. The molecule has 0 atom stereocenters. The van der Waals surface area contributed by atoms with Crippen molar-refractivity contribution in [3.05, 3.63) is 102 Å². The first kappa shape index (κ1) is 19.3. The highest BCUT2D eigenvalue weighted by molar-refractivity contribution is 5.81. The summed E-state index contributed by atoms with van der Waals surface area (Å²) in [4.78, 5) is 16.4. The van der Waals surface area contributed by atoms with Gasteiger partial charge in [0.1, 0.15) is 11.6 Å². The Bertz CT molecular complexity index is 1470. The Balaban J connectivity index is 1.28. The Hall–Kier alpha value is -4.38. The first-order valence-electron chi connectivity index (χ1n) is 11.0. The maximum Gasteiger partial charge on any atom is 0.138 e. The van der Waals surface area contributed by atoms with Crippen LogP contribution in [0.3, 0.4) is 0 Å². The van der Waals surface area contributed by atoms with Gasteiger partial charge in [-0.3, -0.25) is 0 Å². The molecule has 160 valence electrons. The number of nitrogens with zero attached hydrogens (tertiary/aromatic N) is 2. The Kier molecular flexibility index (Phi) is 4.47. The number of aryl methyl sites for hydroxylation is 1. The first-order valence-corrected chi connectivity index (χ1v) is 11.0. The molecule has 5 heteroatoms. The smallest absolute Gasteiger partial charge is 0.138 e. The largest absolute Gasteiger partial charge is 0.399 e. The van der Waals surface area contributed by atoms with Crippen molar-refractivity contribution < 1.29 is 0 Å². The average molecular weight is 430 g/mol. The van der Waals surface area contributed by atoms with Crippen LogP contribution in [0.2, 0.25) is 0 Å². The van der Waals surface area contributed by atoms with E-state index in [0.29, 0.717) is 0 Å². The number of nitrogens with two attached hydrogens (primary N) is 1. The van der Waals surface area contributed by atoms with E-state index < -0.39 is 0 Å². The lowest BCUT2D eigenvalue weighted by molar-refractivity contribution is 1.20. The van der Waals surface area contributed by atoms with E-state index in [-0.39, 0.29) is 0 Å². The van der Waals surface area contributed by atoms with Crippen molar-refractivity contribution in [2.75, 3.05) is 5.73 Å². The van der Waals surface area contributed by atoms with Crippen LogP contribution < -0.4 is 5.73 Å². The molecule has 5 nitrogen and oxygen atoms in total. The van der Waals surface area contributed by atoms with Gasteiger partial charge in [-0.25, -0.2) is 9.97 Å². The van der Waals surface area contributed by atoms with Gasteiger partial charge in [-0.1, -0.05) is 42.0 Å². The molecule has 4 aromatic carbocycles. The highest BCUT2D eigenvalue weighted by Crippen LogP contribution is 2.25. The van der Waals surface area contributed by atoms with E-state index >= 15 is 0 Å². The van der Waals surface area contributed by atoms with Crippen molar-refractivity contribution in [1.82, 2.24) is 19.9 Å². The molecule has 0 saturated carbocycles. The summed E-state index contributed by atoms with van der Waals surface area (Å²) in [6, 6.07) is 29.0. The zero-order chi connectivity index (χ0) is 22.4. The number of aromatic nitrogens is 4. The summed E-state index contributed by atoms with van der Waals surface area (Å²) in [6.07, 6.45) is 0.834. The van der Waals surface area contributed by atoms with Crippen LogP contribution in [0, 0.1) is 6.92 Å². The van der Waals surface area contributed by atoms with Crippen LogP contribution >= 0.6 is 0 Å².